The fourth-order valence-electron chi connectivity index (χ4n) is 6.64. The number of anilines is 3. The summed E-state index contributed by atoms with van der Waals surface area (Å²) < 4.78 is 37.4. The number of hydrogen-bond donors (Lipinski definition) is 2. The van der Waals surface area contributed by atoms with E-state index in [0.717, 1.165) is 89.6 Å². The van der Waals surface area contributed by atoms with Gasteiger partial charge in [0.05, 0.1) is 23.6 Å². The Morgan fingerprint density at radius 2 is 1.82 bits per heavy atom. The van der Waals surface area contributed by atoms with E-state index in [4.69, 9.17) is 9.57 Å². The van der Waals surface area contributed by atoms with E-state index >= 15 is 4.39 Å². The van der Waals surface area contributed by atoms with Gasteiger partial charge >= 0.3 is 0 Å². The zero-order valence-electron chi connectivity index (χ0n) is 29.1. The van der Waals surface area contributed by atoms with Crippen molar-refractivity contribution in [3.63, 3.8) is 0 Å². The maximum atomic E-state index is 15.1. The van der Waals surface area contributed by atoms with Crippen LogP contribution in [0.2, 0.25) is 0 Å². The number of hydroxylamine groups is 1. The molecular weight excluding hydrogens is 644 g/mol. The third-order valence-electron chi connectivity index (χ3n) is 9.25. The normalized spacial score (nSPS) is 17.1. The zero-order valence-corrected chi connectivity index (χ0v) is 29.1. The first kappa shape index (κ1) is 35.6. The smallest absolute Gasteiger partial charge is 0.243 e. The lowest BCUT2D eigenvalue weighted by molar-refractivity contribution is -0.200. The highest BCUT2D eigenvalue weighted by atomic mass is 19.1. The van der Waals surface area contributed by atoms with Crippen molar-refractivity contribution in [2.45, 2.75) is 84.5 Å². The lowest BCUT2D eigenvalue weighted by Crippen LogP contribution is -2.46. The maximum absolute atomic E-state index is 15.1. The average Bonchev–Trinajstić information content (AvgIpc) is 3.47. The number of hydrogen-bond acceptors (Lipinski definition) is 10. The van der Waals surface area contributed by atoms with Gasteiger partial charge in [-0.25, -0.2) is 39.0 Å². The van der Waals surface area contributed by atoms with Crippen molar-refractivity contribution >= 4 is 34.4 Å². The van der Waals surface area contributed by atoms with Crippen molar-refractivity contribution in [3.8, 4) is 11.3 Å². The van der Waals surface area contributed by atoms with E-state index in [1.807, 2.05) is 43.7 Å². The van der Waals surface area contributed by atoms with E-state index in [1.54, 1.807) is 6.07 Å². The van der Waals surface area contributed by atoms with Crippen LogP contribution in [0.5, 0.6) is 0 Å². The molecule has 2 aliphatic heterocycles. The molecule has 12 nitrogen and oxygen atoms in total. The number of rotatable bonds is 14. The number of amides is 1. The van der Waals surface area contributed by atoms with Gasteiger partial charge in [0.15, 0.2) is 17.9 Å². The summed E-state index contributed by atoms with van der Waals surface area (Å²) in [5, 5.41) is 3.06. The fraction of sp³-hybridized carbons (Fsp3) is 0.528. The first-order chi connectivity index (χ1) is 24.2. The number of piperazine rings is 1. The third kappa shape index (κ3) is 8.90. The Bertz CT molecular complexity index is 1740. The minimum Gasteiger partial charge on any atom is -0.368 e. The minimum atomic E-state index is -0.653. The van der Waals surface area contributed by atoms with Crippen LogP contribution in [0.3, 0.4) is 0 Å². The standard InChI is InChI=1S/C36H47F2N9O3/c1-24(2)47-25(3)41-35-28(37)20-26(21-30(35)47)34-29(38)23-40-36(43-34)42-31-13-12-27(22-39-31)46-17-15-45(16-18-46)14-8-5-4-6-10-32(48)44-50-33-11-7-9-19-49-33/h12-13,20-24,33H,4-11,14-19H2,1-3H3,(H,44,48)(H,39,40,42,43). The number of nitrogens with one attached hydrogen (secondary N) is 2. The SMILES string of the molecule is Cc1nc2c(F)cc(-c3nc(Nc4ccc(N5CCN(CCCCCCC(=O)NOC6CCCCO6)CC5)cn4)ncc3F)cc2n1C(C)C. The molecule has 14 heteroatoms. The van der Waals surface area contributed by atoms with Crippen LogP contribution in [-0.2, 0) is 14.4 Å². The molecule has 268 valence electrons. The van der Waals surface area contributed by atoms with Crippen molar-refractivity contribution in [2.24, 2.45) is 0 Å². The van der Waals surface area contributed by atoms with Gasteiger partial charge in [0, 0.05) is 57.2 Å². The molecule has 2 N–H and O–H groups in total. The van der Waals surface area contributed by atoms with Gasteiger partial charge in [-0.15, -0.1) is 0 Å². The van der Waals surface area contributed by atoms with E-state index in [9.17, 15) is 9.18 Å². The molecule has 3 aromatic heterocycles. The predicted octanol–water partition coefficient (Wildman–Crippen LogP) is 6.45. The van der Waals surface area contributed by atoms with Gasteiger partial charge in [0.25, 0.3) is 0 Å². The monoisotopic (exact) mass is 691 g/mol. The van der Waals surface area contributed by atoms with Gasteiger partial charge in [-0.05, 0) is 77.3 Å². The minimum absolute atomic E-state index is 0.00887. The number of imidazole rings is 1. The molecule has 1 unspecified atom stereocenters. The van der Waals surface area contributed by atoms with Gasteiger partial charge in [0.1, 0.15) is 22.9 Å². The summed E-state index contributed by atoms with van der Waals surface area (Å²) in [7, 11) is 0. The summed E-state index contributed by atoms with van der Waals surface area (Å²) in [4.78, 5) is 39.6. The van der Waals surface area contributed by atoms with Crippen molar-refractivity contribution in [1.82, 2.24) is 34.9 Å². The molecule has 4 aromatic rings. The molecule has 1 amide bonds. The number of nitrogens with zero attached hydrogens (tertiary/aromatic N) is 7. The number of halogens is 2. The third-order valence-corrected chi connectivity index (χ3v) is 9.25. The summed E-state index contributed by atoms with van der Waals surface area (Å²) >= 11 is 0. The summed E-state index contributed by atoms with van der Waals surface area (Å²) in [5.41, 5.74) is 4.69. The molecule has 50 heavy (non-hydrogen) atoms. The molecule has 2 saturated heterocycles. The van der Waals surface area contributed by atoms with Crippen LogP contribution in [0.4, 0.5) is 26.2 Å². The number of ether oxygens (including phenoxy) is 1. The summed E-state index contributed by atoms with van der Waals surface area (Å²) in [6, 6.07) is 6.87. The first-order valence-corrected chi connectivity index (χ1v) is 17.7. The van der Waals surface area contributed by atoms with E-state index < -0.39 is 11.6 Å². The Kier molecular flexibility index (Phi) is 11.8. The number of fused-ring (bicyclic) bond motifs is 1. The number of unbranched alkanes of at least 4 members (excludes halogenated alkanes) is 3. The quantitative estimate of drug-likeness (QED) is 0.113. The zero-order chi connectivity index (χ0) is 35.0. The first-order valence-electron chi connectivity index (χ1n) is 17.7. The highest BCUT2D eigenvalue weighted by Crippen LogP contribution is 2.30. The van der Waals surface area contributed by atoms with Crippen LogP contribution in [0.1, 0.15) is 77.1 Å². The fourth-order valence-corrected chi connectivity index (χ4v) is 6.64. The molecule has 0 radical (unpaired) electrons. The largest absolute Gasteiger partial charge is 0.368 e. The summed E-state index contributed by atoms with van der Waals surface area (Å²) in [6.45, 7) is 11.3. The number of carbonyl (C=O) groups excluding carboxylic acids is 1. The van der Waals surface area contributed by atoms with E-state index in [2.05, 4.69) is 40.5 Å². The number of aryl methyl sites for hydroxylation is 1. The van der Waals surface area contributed by atoms with Gasteiger partial charge in [0.2, 0.25) is 11.9 Å². The van der Waals surface area contributed by atoms with Crippen molar-refractivity contribution in [1.29, 1.82) is 0 Å². The molecular formula is C36H47F2N9O3. The molecule has 0 saturated carbocycles. The Hall–Kier alpha value is -4.27. The molecule has 1 atom stereocenters. The van der Waals surface area contributed by atoms with Crippen LogP contribution < -0.4 is 15.7 Å². The Labute approximate surface area is 291 Å². The second-order valence-corrected chi connectivity index (χ2v) is 13.3. The summed E-state index contributed by atoms with van der Waals surface area (Å²) in [6.07, 6.45) is 10.0. The lowest BCUT2D eigenvalue weighted by Gasteiger charge is -2.36. The number of pyridine rings is 1. The molecule has 0 spiro atoms. The molecule has 2 fully saturated rings. The maximum Gasteiger partial charge on any atom is 0.243 e. The number of carbonyl (C=O) groups is 1. The van der Waals surface area contributed by atoms with E-state index in [-0.39, 0.29) is 35.4 Å². The second-order valence-electron chi connectivity index (χ2n) is 13.3. The number of benzene rings is 1. The van der Waals surface area contributed by atoms with Crippen molar-refractivity contribution in [3.05, 3.63) is 54.1 Å². The highest BCUT2D eigenvalue weighted by Gasteiger charge is 2.20. The van der Waals surface area contributed by atoms with Crippen LogP contribution in [-0.4, -0.2) is 80.9 Å². The predicted molar refractivity (Wildman–Crippen MR) is 188 cm³/mol. The number of aromatic nitrogens is 5. The van der Waals surface area contributed by atoms with Crippen molar-refractivity contribution < 1.29 is 23.1 Å². The van der Waals surface area contributed by atoms with Gasteiger partial charge in [-0.2, -0.15) is 0 Å². The van der Waals surface area contributed by atoms with Crippen molar-refractivity contribution in [2.75, 3.05) is 49.5 Å². The van der Waals surface area contributed by atoms with Crippen LogP contribution >= 0.6 is 0 Å². The Morgan fingerprint density at radius 3 is 2.56 bits per heavy atom. The van der Waals surface area contributed by atoms with Gasteiger partial charge < -0.3 is 19.5 Å². The van der Waals surface area contributed by atoms with E-state index in [1.165, 1.54) is 6.07 Å². The summed E-state index contributed by atoms with van der Waals surface area (Å²) in [5.74, 6) is 0.0944. The van der Waals surface area contributed by atoms with E-state index in [0.29, 0.717) is 35.8 Å². The molecule has 0 bridgehead atoms. The average molecular weight is 692 g/mol. The Balaban J connectivity index is 0.940. The molecule has 5 heterocycles. The van der Waals surface area contributed by atoms with Crippen LogP contribution in [0.25, 0.3) is 22.3 Å². The Morgan fingerprint density at radius 1 is 1.00 bits per heavy atom. The molecule has 6 rings (SSSR count). The lowest BCUT2D eigenvalue weighted by atomic mass is 10.1. The van der Waals surface area contributed by atoms with Crippen LogP contribution in [0, 0.1) is 18.6 Å². The topological polar surface area (TPSA) is 123 Å². The second kappa shape index (κ2) is 16.6. The van der Waals surface area contributed by atoms with Gasteiger partial charge in [-0.1, -0.05) is 12.8 Å². The molecule has 0 aliphatic carbocycles. The van der Waals surface area contributed by atoms with Gasteiger partial charge in [-0.3, -0.25) is 9.69 Å². The molecule has 1 aromatic carbocycles. The van der Waals surface area contributed by atoms with Crippen LogP contribution in [0.15, 0.2) is 36.7 Å². The highest BCUT2D eigenvalue weighted by molar-refractivity contribution is 5.83. The molecule has 2 aliphatic rings.